The summed E-state index contributed by atoms with van der Waals surface area (Å²) in [6.07, 6.45) is 2.76. The number of carbonyl (C=O) groups is 1. The third-order valence-electron chi connectivity index (χ3n) is 5.36. The van der Waals surface area contributed by atoms with Gasteiger partial charge in [-0.3, -0.25) is 4.90 Å². The predicted molar refractivity (Wildman–Crippen MR) is 101 cm³/mol. The van der Waals surface area contributed by atoms with Crippen molar-refractivity contribution in [3.63, 3.8) is 0 Å². The molecule has 7 nitrogen and oxygen atoms in total. The largest absolute Gasteiger partial charge is 0.444 e. The second-order valence-corrected chi connectivity index (χ2v) is 8.86. The molecule has 0 unspecified atom stereocenters. The van der Waals surface area contributed by atoms with Crippen LogP contribution in [0.15, 0.2) is 22.7 Å². The number of aromatic nitrogens is 2. The van der Waals surface area contributed by atoms with E-state index in [2.05, 4.69) is 10.1 Å². The Labute approximate surface area is 158 Å². The van der Waals surface area contributed by atoms with E-state index in [9.17, 15) is 4.79 Å². The molecule has 0 radical (unpaired) electrons. The van der Waals surface area contributed by atoms with Crippen LogP contribution in [0, 0.1) is 12.3 Å². The number of ether oxygens (including phenoxy) is 1. The van der Waals surface area contributed by atoms with Crippen molar-refractivity contribution in [2.75, 3.05) is 12.3 Å². The molecule has 27 heavy (non-hydrogen) atoms. The number of likely N-dealkylation sites (tertiary alicyclic amines) is 1. The van der Waals surface area contributed by atoms with Gasteiger partial charge in [-0.2, -0.15) is 4.98 Å². The van der Waals surface area contributed by atoms with Crippen LogP contribution in [0.25, 0.3) is 11.4 Å². The second kappa shape index (κ2) is 5.97. The number of hydrogen-bond donors (Lipinski definition) is 1. The number of nitrogens with zero attached hydrogens (tertiary/aromatic N) is 3. The zero-order valence-corrected chi connectivity index (χ0v) is 16.3. The highest BCUT2D eigenvalue weighted by Gasteiger charge is 2.55. The van der Waals surface area contributed by atoms with E-state index in [0.717, 1.165) is 30.4 Å². The Kier molecular flexibility index (Phi) is 3.94. The third kappa shape index (κ3) is 3.50. The fourth-order valence-electron chi connectivity index (χ4n) is 3.60. The zero-order chi connectivity index (χ0) is 19.4. The second-order valence-electron chi connectivity index (χ2n) is 8.86. The standard InChI is InChI=1S/C20H26N4O3/c1-12-5-6-13(9-14(12)21)16-22-17(27-23-16)15-10-20(7-8-20)11-24(15)18(25)26-19(2,3)4/h5-6,9,15H,7-8,10-11,21H2,1-4H3/t15-/m0/s1. The predicted octanol–water partition coefficient (Wildman–Crippen LogP) is 4.09. The minimum Gasteiger partial charge on any atom is -0.444 e. The van der Waals surface area contributed by atoms with Gasteiger partial charge in [-0.1, -0.05) is 17.3 Å². The van der Waals surface area contributed by atoms with E-state index in [1.54, 1.807) is 4.90 Å². The van der Waals surface area contributed by atoms with Crippen molar-refractivity contribution in [2.24, 2.45) is 5.41 Å². The van der Waals surface area contributed by atoms with Crippen LogP contribution in [-0.2, 0) is 4.74 Å². The SMILES string of the molecule is Cc1ccc(-c2noc([C@@H]3CC4(CC4)CN3C(=O)OC(C)(C)C)n2)cc1N. The molecule has 2 fully saturated rings. The van der Waals surface area contributed by atoms with Gasteiger partial charge in [0.05, 0.1) is 0 Å². The molecule has 1 aliphatic heterocycles. The van der Waals surface area contributed by atoms with E-state index in [1.165, 1.54) is 0 Å². The van der Waals surface area contributed by atoms with Crippen molar-refractivity contribution in [3.8, 4) is 11.4 Å². The molecule has 2 heterocycles. The lowest BCUT2D eigenvalue weighted by molar-refractivity contribution is 0.0193. The molecule has 1 saturated carbocycles. The van der Waals surface area contributed by atoms with Crippen molar-refractivity contribution < 1.29 is 14.1 Å². The lowest BCUT2D eigenvalue weighted by Gasteiger charge is -2.27. The summed E-state index contributed by atoms with van der Waals surface area (Å²) in [5.41, 5.74) is 8.13. The molecule has 1 saturated heterocycles. The number of anilines is 1. The van der Waals surface area contributed by atoms with Crippen LogP contribution in [0.3, 0.4) is 0 Å². The van der Waals surface area contributed by atoms with E-state index in [-0.39, 0.29) is 17.6 Å². The highest BCUT2D eigenvalue weighted by molar-refractivity contribution is 5.69. The first-order valence-electron chi connectivity index (χ1n) is 9.36. The van der Waals surface area contributed by atoms with Gasteiger partial charge in [0.15, 0.2) is 0 Å². The van der Waals surface area contributed by atoms with E-state index in [4.69, 9.17) is 15.0 Å². The maximum absolute atomic E-state index is 12.7. The summed E-state index contributed by atoms with van der Waals surface area (Å²) in [6, 6.07) is 5.45. The Bertz CT molecular complexity index is 880. The van der Waals surface area contributed by atoms with Crippen molar-refractivity contribution in [3.05, 3.63) is 29.7 Å². The summed E-state index contributed by atoms with van der Waals surface area (Å²) in [7, 11) is 0. The summed E-state index contributed by atoms with van der Waals surface area (Å²) in [5.74, 6) is 0.941. The molecule has 1 aromatic carbocycles. The first-order valence-corrected chi connectivity index (χ1v) is 9.36. The Hall–Kier alpha value is -2.57. The summed E-state index contributed by atoms with van der Waals surface area (Å²) in [6.45, 7) is 8.25. The van der Waals surface area contributed by atoms with Gasteiger partial charge >= 0.3 is 6.09 Å². The summed E-state index contributed by atoms with van der Waals surface area (Å²) < 4.78 is 11.1. The maximum atomic E-state index is 12.7. The lowest BCUT2D eigenvalue weighted by atomic mass is 10.0. The number of nitrogen functional groups attached to an aromatic ring is 1. The van der Waals surface area contributed by atoms with Crippen LogP contribution < -0.4 is 5.73 Å². The molecule has 1 spiro atoms. The van der Waals surface area contributed by atoms with Gasteiger partial charge in [0, 0.05) is 17.8 Å². The smallest absolute Gasteiger partial charge is 0.410 e. The molecule has 1 aliphatic carbocycles. The summed E-state index contributed by atoms with van der Waals surface area (Å²) in [5, 5.41) is 4.12. The molecule has 7 heteroatoms. The van der Waals surface area contributed by atoms with E-state index < -0.39 is 5.60 Å². The first kappa shape index (κ1) is 17.8. The van der Waals surface area contributed by atoms with Crippen molar-refractivity contribution in [2.45, 2.75) is 58.6 Å². The number of rotatable bonds is 2. The van der Waals surface area contributed by atoms with Gasteiger partial charge in [-0.05, 0) is 64.0 Å². The monoisotopic (exact) mass is 370 g/mol. The van der Waals surface area contributed by atoms with Crippen LogP contribution in [0.5, 0.6) is 0 Å². The minimum absolute atomic E-state index is 0.185. The Balaban J connectivity index is 1.60. The van der Waals surface area contributed by atoms with Gasteiger partial charge in [-0.25, -0.2) is 4.79 Å². The fraction of sp³-hybridized carbons (Fsp3) is 0.550. The van der Waals surface area contributed by atoms with Crippen molar-refractivity contribution in [1.82, 2.24) is 15.0 Å². The number of hydrogen-bond acceptors (Lipinski definition) is 6. The minimum atomic E-state index is -0.541. The van der Waals surface area contributed by atoms with Gasteiger partial charge in [-0.15, -0.1) is 0 Å². The molecule has 1 aromatic heterocycles. The van der Waals surface area contributed by atoms with Crippen LogP contribution in [0.1, 0.15) is 57.5 Å². The molecule has 4 rings (SSSR count). The maximum Gasteiger partial charge on any atom is 0.410 e. The topological polar surface area (TPSA) is 94.5 Å². The third-order valence-corrected chi connectivity index (χ3v) is 5.36. The molecule has 1 amide bonds. The van der Waals surface area contributed by atoms with Crippen LogP contribution in [-0.4, -0.2) is 33.3 Å². The number of amides is 1. The van der Waals surface area contributed by atoms with Crippen molar-refractivity contribution in [1.29, 1.82) is 0 Å². The average Bonchev–Trinajstić information content (AvgIpc) is 3.00. The zero-order valence-electron chi connectivity index (χ0n) is 16.3. The Morgan fingerprint density at radius 3 is 2.74 bits per heavy atom. The molecular formula is C20H26N4O3. The lowest BCUT2D eigenvalue weighted by Crippen LogP contribution is -2.37. The highest BCUT2D eigenvalue weighted by Crippen LogP contribution is 2.58. The molecular weight excluding hydrogens is 344 g/mol. The number of carbonyl (C=O) groups excluding carboxylic acids is 1. The average molecular weight is 370 g/mol. The van der Waals surface area contributed by atoms with E-state index in [0.29, 0.717) is 23.9 Å². The molecule has 1 atom stereocenters. The Morgan fingerprint density at radius 2 is 2.11 bits per heavy atom. The molecule has 144 valence electrons. The molecule has 0 bridgehead atoms. The first-order chi connectivity index (χ1) is 12.7. The van der Waals surface area contributed by atoms with Gasteiger partial charge in [0.1, 0.15) is 11.6 Å². The normalized spacial score (nSPS) is 20.9. The van der Waals surface area contributed by atoms with Crippen molar-refractivity contribution >= 4 is 11.8 Å². The van der Waals surface area contributed by atoms with Gasteiger partial charge in [0.25, 0.3) is 0 Å². The molecule has 2 aliphatic rings. The quantitative estimate of drug-likeness (QED) is 0.800. The van der Waals surface area contributed by atoms with E-state index in [1.807, 2.05) is 45.9 Å². The molecule has 2 N–H and O–H groups in total. The number of aryl methyl sites for hydroxylation is 1. The highest BCUT2D eigenvalue weighted by atomic mass is 16.6. The van der Waals surface area contributed by atoms with Gasteiger partial charge in [0.2, 0.25) is 11.7 Å². The summed E-state index contributed by atoms with van der Waals surface area (Å²) in [4.78, 5) is 19.0. The van der Waals surface area contributed by atoms with Gasteiger partial charge < -0.3 is 15.0 Å². The number of benzene rings is 1. The molecule has 2 aromatic rings. The van der Waals surface area contributed by atoms with Crippen LogP contribution in [0.2, 0.25) is 0 Å². The number of nitrogens with two attached hydrogens (primary N) is 1. The van der Waals surface area contributed by atoms with E-state index >= 15 is 0 Å². The fourth-order valence-corrected chi connectivity index (χ4v) is 3.60. The van der Waals surface area contributed by atoms with Crippen LogP contribution in [0.4, 0.5) is 10.5 Å². The summed E-state index contributed by atoms with van der Waals surface area (Å²) >= 11 is 0. The van der Waals surface area contributed by atoms with Crippen LogP contribution >= 0.6 is 0 Å². The Morgan fingerprint density at radius 1 is 1.37 bits per heavy atom.